The number of anilines is 1. The number of hydrogen-bond donors (Lipinski definition) is 1. The summed E-state index contributed by atoms with van der Waals surface area (Å²) in [5.74, 6) is 0.395. The molecule has 3 aromatic rings. The molecule has 1 fully saturated rings. The summed E-state index contributed by atoms with van der Waals surface area (Å²) < 4.78 is 2.15. The van der Waals surface area contributed by atoms with Gasteiger partial charge in [-0.15, -0.1) is 0 Å². The minimum absolute atomic E-state index is 0.107. The predicted octanol–water partition coefficient (Wildman–Crippen LogP) is 4.21. The van der Waals surface area contributed by atoms with Crippen molar-refractivity contribution >= 4 is 17.3 Å². The Morgan fingerprint density at radius 3 is 2.24 bits per heavy atom. The summed E-state index contributed by atoms with van der Waals surface area (Å²) in [6, 6.07) is 19.6. The molecule has 0 radical (unpaired) electrons. The fourth-order valence-corrected chi connectivity index (χ4v) is 4.83. The number of carbonyl (C=O) groups excluding carboxylic acids is 1. The van der Waals surface area contributed by atoms with E-state index in [4.69, 9.17) is 0 Å². The summed E-state index contributed by atoms with van der Waals surface area (Å²) in [5, 5.41) is 9.60. The van der Waals surface area contributed by atoms with E-state index in [0.717, 1.165) is 67.5 Å². The van der Waals surface area contributed by atoms with Gasteiger partial charge >= 0.3 is 0 Å². The van der Waals surface area contributed by atoms with Gasteiger partial charge in [-0.05, 0) is 55.0 Å². The van der Waals surface area contributed by atoms with Crippen LogP contribution in [0.2, 0.25) is 0 Å². The Bertz CT molecular complexity index is 1140. The highest BCUT2D eigenvalue weighted by Gasteiger charge is 2.30. The van der Waals surface area contributed by atoms with Crippen LogP contribution in [0.25, 0.3) is 11.4 Å². The first-order chi connectivity index (χ1) is 16.2. The van der Waals surface area contributed by atoms with Crippen LogP contribution in [-0.2, 0) is 0 Å². The number of amides is 1. The summed E-state index contributed by atoms with van der Waals surface area (Å²) in [7, 11) is 0. The first kappa shape index (κ1) is 21.2. The van der Waals surface area contributed by atoms with E-state index in [9.17, 15) is 9.90 Å². The lowest BCUT2D eigenvalue weighted by Crippen LogP contribution is -2.45. The Labute approximate surface area is 195 Å². The molecule has 1 amide bonds. The Balaban J connectivity index is 1.47. The molecular weight excluding hydrogens is 412 g/mol. The summed E-state index contributed by atoms with van der Waals surface area (Å²) in [5.41, 5.74) is 5.08. The van der Waals surface area contributed by atoms with Crippen molar-refractivity contribution in [1.82, 2.24) is 14.4 Å². The number of phenols is 1. The summed E-state index contributed by atoms with van der Waals surface area (Å²) >= 11 is 0. The molecule has 0 bridgehead atoms. The predicted molar refractivity (Wildman–Crippen MR) is 132 cm³/mol. The average molecular weight is 443 g/mol. The van der Waals surface area contributed by atoms with Gasteiger partial charge in [0.15, 0.2) is 0 Å². The normalized spacial score (nSPS) is 16.5. The van der Waals surface area contributed by atoms with Crippen LogP contribution in [0, 0.1) is 0 Å². The first-order valence-corrected chi connectivity index (χ1v) is 11.7. The second-order valence-corrected chi connectivity index (χ2v) is 8.61. The van der Waals surface area contributed by atoms with Gasteiger partial charge in [0.25, 0.3) is 5.91 Å². The van der Waals surface area contributed by atoms with Gasteiger partial charge in [-0.25, -0.2) is 0 Å². The van der Waals surface area contributed by atoms with Gasteiger partial charge in [0, 0.05) is 56.8 Å². The molecule has 2 aliphatic rings. The molecule has 1 saturated heterocycles. The zero-order valence-electron chi connectivity index (χ0n) is 19.0. The molecule has 1 N–H and O–H groups in total. The van der Waals surface area contributed by atoms with Gasteiger partial charge in [-0.1, -0.05) is 25.1 Å². The standard InChI is InChI=1S/C27H30N4O2/c1-2-14-30-15-13-25(29-19-17-28(18-20-29)21-8-10-23(32)11-9-21)26-24(27(30)33)12-16-31(26)22-6-4-3-5-7-22/h3-13,16,32H,2,14-15,17-20H2,1H3. The highest BCUT2D eigenvalue weighted by atomic mass is 16.3. The minimum atomic E-state index is 0.107. The van der Waals surface area contributed by atoms with Crippen molar-refractivity contribution < 1.29 is 9.90 Å². The molecule has 3 heterocycles. The molecule has 0 aliphatic carbocycles. The van der Waals surface area contributed by atoms with Gasteiger partial charge in [0.1, 0.15) is 5.75 Å². The average Bonchev–Trinajstić information content (AvgIpc) is 3.24. The van der Waals surface area contributed by atoms with Crippen LogP contribution >= 0.6 is 0 Å². The molecule has 2 aliphatic heterocycles. The molecule has 6 nitrogen and oxygen atoms in total. The maximum absolute atomic E-state index is 13.4. The second kappa shape index (κ2) is 9.06. The van der Waals surface area contributed by atoms with E-state index >= 15 is 0 Å². The first-order valence-electron chi connectivity index (χ1n) is 11.7. The summed E-state index contributed by atoms with van der Waals surface area (Å²) in [4.78, 5) is 20.1. The van der Waals surface area contributed by atoms with Crippen LogP contribution < -0.4 is 4.90 Å². The third-order valence-corrected chi connectivity index (χ3v) is 6.51. The number of hydrogen-bond acceptors (Lipinski definition) is 4. The molecular formula is C27H30N4O2. The molecule has 0 saturated carbocycles. The molecule has 0 atom stereocenters. The number of para-hydroxylation sites is 1. The highest BCUT2D eigenvalue weighted by Crippen LogP contribution is 2.32. The van der Waals surface area contributed by atoms with Crippen molar-refractivity contribution in [2.45, 2.75) is 13.3 Å². The number of aromatic hydroxyl groups is 1. The van der Waals surface area contributed by atoms with Crippen molar-refractivity contribution in [2.24, 2.45) is 0 Å². The molecule has 0 unspecified atom stereocenters. The van der Waals surface area contributed by atoms with Gasteiger partial charge in [0.2, 0.25) is 0 Å². The highest BCUT2D eigenvalue weighted by molar-refractivity contribution is 6.00. The Morgan fingerprint density at radius 1 is 0.848 bits per heavy atom. The molecule has 6 heteroatoms. The number of piperazine rings is 1. The Morgan fingerprint density at radius 2 is 1.55 bits per heavy atom. The van der Waals surface area contributed by atoms with Crippen LogP contribution in [0.1, 0.15) is 29.4 Å². The molecule has 0 spiro atoms. The topological polar surface area (TPSA) is 52.0 Å². The van der Waals surface area contributed by atoms with Crippen LogP contribution in [0.3, 0.4) is 0 Å². The lowest BCUT2D eigenvalue weighted by atomic mass is 10.1. The number of benzene rings is 2. The van der Waals surface area contributed by atoms with E-state index < -0.39 is 0 Å². The molecule has 1 aromatic heterocycles. The zero-order chi connectivity index (χ0) is 22.8. The molecule has 33 heavy (non-hydrogen) atoms. The lowest BCUT2D eigenvalue weighted by molar-refractivity contribution is 0.0775. The van der Waals surface area contributed by atoms with Crippen LogP contribution in [-0.4, -0.2) is 64.6 Å². The van der Waals surface area contributed by atoms with Crippen molar-refractivity contribution in [3.05, 3.63) is 84.2 Å². The van der Waals surface area contributed by atoms with E-state index in [-0.39, 0.29) is 11.7 Å². The molecule has 170 valence electrons. The van der Waals surface area contributed by atoms with Crippen molar-refractivity contribution in [3.8, 4) is 11.4 Å². The quantitative estimate of drug-likeness (QED) is 0.643. The van der Waals surface area contributed by atoms with E-state index in [0.29, 0.717) is 6.54 Å². The van der Waals surface area contributed by atoms with Gasteiger partial charge in [-0.3, -0.25) is 4.79 Å². The summed E-state index contributed by atoms with van der Waals surface area (Å²) in [6.45, 7) is 7.01. The monoisotopic (exact) mass is 442 g/mol. The van der Waals surface area contributed by atoms with Crippen LogP contribution in [0.15, 0.2) is 72.9 Å². The van der Waals surface area contributed by atoms with E-state index in [1.807, 2.05) is 47.5 Å². The maximum atomic E-state index is 13.4. The smallest absolute Gasteiger partial charge is 0.256 e. The van der Waals surface area contributed by atoms with Crippen LogP contribution in [0.5, 0.6) is 5.75 Å². The van der Waals surface area contributed by atoms with Crippen molar-refractivity contribution in [2.75, 3.05) is 44.2 Å². The number of carbonyl (C=O) groups is 1. The third-order valence-electron chi connectivity index (χ3n) is 6.51. The van der Waals surface area contributed by atoms with Gasteiger partial charge in [0.05, 0.1) is 17.0 Å². The van der Waals surface area contributed by atoms with Gasteiger partial charge in [-0.2, -0.15) is 0 Å². The lowest BCUT2D eigenvalue weighted by Gasteiger charge is -2.38. The maximum Gasteiger partial charge on any atom is 0.256 e. The molecule has 5 rings (SSSR count). The van der Waals surface area contributed by atoms with Crippen molar-refractivity contribution in [1.29, 1.82) is 0 Å². The fraction of sp³-hybridized carbons (Fsp3) is 0.296. The zero-order valence-corrected chi connectivity index (χ0v) is 19.0. The van der Waals surface area contributed by atoms with Gasteiger partial charge < -0.3 is 24.4 Å². The SMILES string of the molecule is CCCN1CC=C(N2CCN(c3ccc(O)cc3)CC2)c2c(ccn2-c2ccccc2)C1=O. The Kier molecular flexibility index (Phi) is 5.82. The third kappa shape index (κ3) is 4.09. The van der Waals surface area contributed by atoms with Crippen molar-refractivity contribution in [3.63, 3.8) is 0 Å². The second-order valence-electron chi connectivity index (χ2n) is 8.61. The molecule has 2 aromatic carbocycles. The summed E-state index contributed by atoms with van der Waals surface area (Å²) in [6.07, 6.45) is 5.19. The largest absolute Gasteiger partial charge is 0.508 e. The van der Waals surface area contributed by atoms with E-state index in [1.165, 1.54) is 0 Å². The number of rotatable bonds is 5. The minimum Gasteiger partial charge on any atom is -0.508 e. The number of aromatic nitrogens is 1. The fourth-order valence-electron chi connectivity index (χ4n) is 4.83. The number of nitrogens with zero attached hydrogens (tertiary/aromatic N) is 4. The van der Waals surface area contributed by atoms with E-state index in [1.54, 1.807) is 12.1 Å². The Hall–Kier alpha value is -3.67. The van der Waals surface area contributed by atoms with E-state index in [2.05, 4.69) is 39.5 Å². The number of fused-ring (bicyclic) bond motifs is 1. The number of phenolic OH excluding ortho intramolecular Hbond substituents is 1. The van der Waals surface area contributed by atoms with Crippen LogP contribution in [0.4, 0.5) is 5.69 Å².